The third-order valence-electron chi connectivity index (χ3n) is 2.68. The first-order valence-electron chi connectivity index (χ1n) is 6.18. The van der Waals surface area contributed by atoms with Crippen molar-refractivity contribution in [3.63, 3.8) is 0 Å². The second-order valence-electron chi connectivity index (χ2n) is 4.73. The second kappa shape index (κ2) is 7.56. The lowest BCUT2D eigenvalue weighted by atomic mass is 10.1. The maximum atomic E-state index is 10.9. The average molecular weight is 362 g/mol. The zero-order chi connectivity index (χ0) is 13.5. The van der Waals surface area contributed by atoms with Gasteiger partial charge in [0, 0.05) is 16.2 Å². The lowest BCUT2D eigenvalue weighted by Gasteiger charge is -2.08. The SMILES string of the molecule is CC(C)CCCCNc1ccc(I)cc1[N+](=O)[O-]. The Bertz CT molecular complexity index is 408. The topological polar surface area (TPSA) is 55.2 Å². The molecule has 0 radical (unpaired) electrons. The van der Waals surface area contributed by atoms with E-state index < -0.39 is 0 Å². The molecule has 1 aromatic carbocycles. The number of anilines is 1. The molecule has 100 valence electrons. The van der Waals surface area contributed by atoms with E-state index in [0.29, 0.717) is 5.69 Å². The second-order valence-corrected chi connectivity index (χ2v) is 5.98. The van der Waals surface area contributed by atoms with E-state index in [4.69, 9.17) is 0 Å². The molecule has 0 saturated carbocycles. The van der Waals surface area contributed by atoms with Gasteiger partial charge in [-0.25, -0.2) is 0 Å². The lowest BCUT2D eigenvalue weighted by Crippen LogP contribution is -2.05. The molecule has 0 aliphatic heterocycles. The van der Waals surface area contributed by atoms with E-state index in [1.165, 1.54) is 6.42 Å². The van der Waals surface area contributed by atoms with Gasteiger partial charge in [0.05, 0.1) is 4.92 Å². The predicted octanol–water partition coefficient (Wildman–Crippen LogP) is 4.44. The van der Waals surface area contributed by atoms with Crippen LogP contribution in [0.2, 0.25) is 0 Å². The number of benzene rings is 1. The van der Waals surface area contributed by atoms with Gasteiger partial charge in [-0.15, -0.1) is 0 Å². The Labute approximate surface area is 121 Å². The van der Waals surface area contributed by atoms with Gasteiger partial charge in [0.1, 0.15) is 5.69 Å². The lowest BCUT2D eigenvalue weighted by molar-refractivity contribution is -0.384. The Morgan fingerprint density at radius 1 is 1.39 bits per heavy atom. The first-order valence-corrected chi connectivity index (χ1v) is 7.26. The summed E-state index contributed by atoms with van der Waals surface area (Å²) in [5.41, 5.74) is 0.774. The van der Waals surface area contributed by atoms with Gasteiger partial charge in [-0.3, -0.25) is 10.1 Å². The largest absolute Gasteiger partial charge is 0.379 e. The Hall–Kier alpha value is -0.850. The predicted molar refractivity (Wildman–Crippen MR) is 83.0 cm³/mol. The molecule has 18 heavy (non-hydrogen) atoms. The van der Waals surface area contributed by atoms with Crippen molar-refractivity contribution >= 4 is 34.0 Å². The van der Waals surface area contributed by atoms with Gasteiger partial charge in [0.2, 0.25) is 0 Å². The van der Waals surface area contributed by atoms with Gasteiger partial charge in [-0.05, 0) is 47.1 Å². The zero-order valence-corrected chi connectivity index (χ0v) is 12.9. The highest BCUT2D eigenvalue weighted by atomic mass is 127. The van der Waals surface area contributed by atoms with E-state index in [2.05, 4.69) is 41.8 Å². The number of nitrogens with zero attached hydrogens (tertiary/aromatic N) is 1. The van der Waals surface area contributed by atoms with Gasteiger partial charge in [-0.2, -0.15) is 0 Å². The van der Waals surface area contributed by atoms with Crippen LogP contribution in [0.15, 0.2) is 18.2 Å². The average Bonchev–Trinajstić information content (AvgIpc) is 2.29. The molecule has 0 amide bonds. The van der Waals surface area contributed by atoms with Crippen molar-refractivity contribution in [2.24, 2.45) is 5.92 Å². The van der Waals surface area contributed by atoms with Crippen molar-refractivity contribution < 1.29 is 4.92 Å². The molecule has 0 aliphatic carbocycles. The number of nitrogens with one attached hydrogen (secondary N) is 1. The molecule has 0 aromatic heterocycles. The number of hydrogen-bond donors (Lipinski definition) is 1. The van der Waals surface area contributed by atoms with Crippen LogP contribution < -0.4 is 5.32 Å². The summed E-state index contributed by atoms with van der Waals surface area (Å²) in [5.74, 6) is 0.720. The third kappa shape index (κ3) is 5.20. The first-order chi connectivity index (χ1) is 8.50. The van der Waals surface area contributed by atoms with E-state index in [-0.39, 0.29) is 10.6 Å². The molecule has 0 spiro atoms. The quantitative estimate of drug-likeness (QED) is 0.338. The highest BCUT2D eigenvalue weighted by Crippen LogP contribution is 2.26. The molecule has 4 nitrogen and oxygen atoms in total. The van der Waals surface area contributed by atoms with Crippen LogP contribution in [-0.4, -0.2) is 11.5 Å². The Balaban J connectivity index is 2.49. The molecule has 0 heterocycles. The molecule has 0 bridgehead atoms. The van der Waals surface area contributed by atoms with Gasteiger partial charge >= 0.3 is 0 Å². The zero-order valence-electron chi connectivity index (χ0n) is 10.8. The monoisotopic (exact) mass is 362 g/mol. The summed E-state index contributed by atoms with van der Waals surface area (Å²) in [6.45, 7) is 5.20. The summed E-state index contributed by atoms with van der Waals surface area (Å²) in [4.78, 5) is 10.6. The van der Waals surface area contributed by atoms with Crippen molar-refractivity contribution in [2.75, 3.05) is 11.9 Å². The molecular weight excluding hydrogens is 343 g/mol. The van der Waals surface area contributed by atoms with Crippen molar-refractivity contribution in [1.82, 2.24) is 0 Å². The highest BCUT2D eigenvalue weighted by Gasteiger charge is 2.13. The summed E-state index contributed by atoms with van der Waals surface area (Å²) in [6, 6.07) is 5.25. The number of rotatable bonds is 7. The van der Waals surface area contributed by atoms with Crippen molar-refractivity contribution in [2.45, 2.75) is 33.1 Å². The molecule has 0 unspecified atom stereocenters. The number of unbranched alkanes of at least 4 members (excludes halogenated alkanes) is 1. The van der Waals surface area contributed by atoms with Gasteiger partial charge in [0.25, 0.3) is 5.69 Å². The number of hydrogen-bond acceptors (Lipinski definition) is 3. The van der Waals surface area contributed by atoms with Gasteiger partial charge < -0.3 is 5.32 Å². The fourth-order valence-corrected chi connectivity index (χ4v) is 2.18. The van der Waals surface area contributed by atoms with Crippen molar-refractivity contribution in [3.8, 4) is 0 Å². The van der Waals surface area contributed by atoms with Crippen LogP contribution >= 0.6 is 22.6 Å². The summed E-state index contributed by atoms with van der Waals surface area (Å²) in [6.07, 6.45) is 3.40. The minimum atomic E-state index is -0.335. The molecule has 1 aromatic rings. The van der Waals surface area contributed by atoms with Crippen LogP contribution in [0.25, 0.3) is 0 Å². The fourth-order valence-electron chi connectivity index (χ4n) is 1.71. The van der Waals surface area contributed by atoms with E-state index in [1.807, 2.05) is 6.07 Å². The fraction of sp³-hybridized carbons (Fsp3) is 0.538. The Morgan fingerprint density at radius 3 is 2.72 bits per heavy atom. The summed E-state index contributed by atoms with van der Waals surface area (Å²) < 4.78 is 0.879. The minimum Gasteiger partial charge on any atom is -0.379 e. The van der Waals surface area contributed by atoms with Crippen LogP contribution in [-0.2, 0) is 0 Å². The van der Waals surface area contributed by atoms with Gasteiger partial charge in [-0.1, -0.05) is 26.7 Å². The minimum absolute atomic E-state index is 0.158. The van der Waals surface area contributed by atoms with Gasteiger partial charge in [0.15, 0.2) is 0 Å². The van der Waals surface area contributed by atoms with Crippen molar-refractivity contribution in [3.05, 3.63) is 31.9 Å². The van der Waals surface area contributed by atoms with Crippen LogP contribution in [0.1, 0.15) is 33.1 Å². The Morgan fingerprint density at radius 2 is 2.11 bits per heavy atom. The summed E-state index contributed by atoms with van der Waals surface area (Å²) in [5, 5.41) is 14.1. The first kappa shape index (κ1) is 15.2. The number of nitro benzene ring substituents is 1. The standard InChI is InChI=1S/C13H19IN2O2/c1-10(2)5-3-4-8-15-12-7-6-11(14)9-13(12)16(17)18/h6-7,9-10,15H,3-5,8H2,1-2H3. The van der Waals surface area contributed by atoms with E-state index in [0.717, 1.165) is 28.9 Å². The number of nitro groups is 1. The number of halogens is 1. The van der Waals surface area contributed by atoms with E-state index >= 15 is 0 Å². The van der Waals surface area contributed by atoms with Crippen LogP contribution in [0.5, 0.6) is 0 Å². The maximum absolute atomic E-state index is 10.9. The van der Waals surface area contributed by atoms with Crippen LogP contribution in [0.4, 0.5) is 11.4 Å². The maximum Gasteiger partial charge on any atom is 0.293 e. The molecule has 0 saturated heterocycles. The normalized spacial score (nSPS) is 10.7. The third-order valence-corrected chi connectivity index (χ3v) is 3.35. The van der Waals surface area contributed by atoms with Crippen LogP contribution in [0.3, 0.4) is 0 Å². The highest BCUT2D eigenvalue weighted by molar-refractivity contribution is 14.1. The molecule has 0 atom stereocenters. The molecule has 5 heteroatoms. The molecule has 1 rings (SSSR count). The molecule has 1 N–H and O–H groups in total. The van der Waals surface area contributed by atoms with Crippen molar-refractivity contribution in [1.29, 1.82) is 0 Å². The van der Waals surface area contributed by atoms with Crippen LogP contribution in [0, 0.1) is 19.6 Å². The smallest absolute Gasteiger partial charge is 0.293 e. The molecule has 0 fully saturated rings. The summed E-state index contributed by atoms with van der Waals surface area (Å²) >= 11 is 2.08. The van der Waals surface area contributed by atoms with E-state index in [9.17, 15) is 10.1 Å². The summed E-state index contributed by atoms with van der Waals surface area (Å²) in [7, 11) is 0. The molecule has 0 aliphatic rings. The molecular formula is C13H19IN2O2. The Kier molecular flexibility index (Phi) is 6.38. The van der Waals surface area contributed by atoms with E-state index in [1.54, 1.807) is 12.1 Å².